The average molecular weight is 252 g/mol. The van der Waals surface area contributed by atoms with Gasteiger partial charge in [-0.15, -0.1) is 0 Å². The van der Waals surface area contributed by atoms with Crippen LogP contribution in [0.25, 0.3) is 0 Å². The van der Waals surface area contributed by atoms with E-state index in [0.717, 1.165) is 4.31 Å². The standard InChI is InChI=1S/C8H16N2O5S/c1-2-15-8(12)9-16(13,14)10-5-3-4-7(11)6-10/h7,11H,2-6H2,1H3,(H,9,12). The lowest BCUT2D eigenvalue weighted by Crippen LogP contribution is -2.49. The van der Waals surface area contributed by atoms with Gasteiger partial charge in [0.1, 0.15) is 0 Å². The molecule has 1 heterocycles. The van der Waals surface area contributed by atoms with E-state index < -0.39 is 22.4 Å². The Kier molecular flexibility index (Phi) is 4.51. The molecule has 0 saturated carbocycles. The minimum Gasteiger partial charge on any atom is -0.449 e. The van der Waals surface area contributed by atoms with Crippen LogP contribution in [-0.2, 0) is 14.9 Å². The fourth-order valence-electron chi connectivity index (χ4n) is 1.47. The van der Waals surface area contributed by atoms with Crippen molar-refractivity contribution in [3.8, 4) is 0 Å². The predicted octanol–water partition coefficient (Wildman–Crippen LogP) is -0.566. The highest BCUT2D eigenvalue weighted by Crippen LogP contribution is 2.12. The molecule has 94 valence electrons. The van der Waals surface area contributed by atoms with Gasteiger partial charge in [-0.25, -0.2) is 9.52 Å². The van der Waals surface area contributed by atoms with Crippen LogP contribution >= 0.6 is 0 Å². The molecule has 1 amide bonds. The Balaban J connectivity index is 2.59. The molecule has 0 spiro atoms. The van der Waals surface area contributed by atoms with Gasteiger partial charge in [0, 0.05) is 13.1 Å². The highest BCUT2D eigenvalue weighted by molar-refractivity contribution is 7.87. The molecule has 0 aromatic carbocycles. The second kappa shape index (κ2) is 5.46. The van der Waals surface area contributed by atoms with Crippen LogP contribution in [0.15, 0.2) is 0 Å². The van der Waals surface area contributed by atoms with Crippen LogP contribution in [0.3, 0.4) is 0 Å². The third-order valence-electron chi connectivity index (χ3n) is 2.19. The van der Waals surface area contributed by atoms with E-state index in [9.17, 15) is 18.3 Å². The summed E-state index contributed by atoms with van der Waals surface area (Å²) in [5, 5.41) is 9.33. The first-order valence-electron chi connectivity index (χ1n) is 5.08. The van der Waals surface area contributed by atoms with Crippen molar-refractivity contribution < 1.29 is 23.1 Å². The van der Waals surface area contributed by atoms with Crippen LogP contribution in [0.4, 0.5) is 4.79 Å². The maximum Gasteiger partial charge on any atom is 0.421 e. The zero-order chi connectivity index (χ0) is 12.2. The number of nitrogens with one attached hydrogen (secondary N) is 1. The average Bonchev–Trinajstić information content (AvgIpc) is 2.17. The number of β-amino-alcohol motifs (C(OH)–C–C–N with tert-alkyl or cyclic N) is 1. The fraction of sp³-hybridized carbons (Fsp3) is 0.875. The lowest BCUT2D eigenvalue weighted by atomic mass is 10.1. The van der Waals surface area contributed by atoms with Gasteiger partial charge in [-0.2, -0.15) is 12.7 Å². The van der Waals surface area contributed by atoms with E-state index in [4.69, 9.17) is 0 Å². The van der Waals surface area contributed by atoms with Crippen LogP contribution in [0.1, 0.15) is 19.8 Å². The first-order valence-corrected chi connectivity index (χ1v) is 6.52. The van der Waals surface area contributed by atoms with Crippen LogP contribution in [0.2, 0.25) is 0 Å². The quantitative estimate of drug-likeness (QED) is 0.701. The molecule has 0 aromatic heterocycles. The van der Waals surface area contributed by atoms with Gasteiger partial charge in [-0.1, -0.05) is 0 Å². The van der Waals surface area contributed by atoms with E-state index in [1.807, 2.05) is 0 Å². The van der Waals surface area contributed by atoms with E-state index in [1.165, 1.54) is 0 Å². The molecule has 16 heavy (non-hydrogen) atoms. The van der Waals surface area contributed by atoms with Crippen LogP contribution < -0.4 is 4.72 Å². The number of nitrogens with zero attached hydrogens (tertiary/aromatic N) is 1. The minimum absolute atomic E-state index is 0.00867. The zero-order valence-electron chi connectivity index (χ0n) is 9.05. The lowest BCUT2D eigenvalue weighted by molar-refractivity contribution is 0.106. The van der Waals surface area contributed by atoms with E-state index in [0.29, 0.717) is 19.4 Å². The Morgan fingerprint density at radius 3 is 2.88 bits per heavy atom. The molecule has 0 aromatic rings. The van der Waals surface area contributed by atoms with Crippen molar-refractivity contribution in [3.05, 3.63) is 0 Å². The first kappa shape index (κ1) is 13.2. The number of carbonyl (C=O) groups excluding carboxylic acids is 1. The Labute approximate surface area is 94.6 Å². The smallest absolute Gasteiger partial charge is 0.421 e. The minimum atomic E-state index is -3.89. The van der Waals surface area contributed by atoms with Gasteiger partial charge in [0.05, 0.1) is 12.7 Å². The fourth-order valence-corrected chi connectivity index (χ4v) is 2.61. The normalized spacial score (nSPS) is 22.8. The zero-order valence-corrected chi connectivity index (χ0v) is 9.87. The SMILES string of the molecule is CCOC(=O)NS(=O)(=O)N1CCCC(O)C1. The van der Waals surface area contributed by atoms with Crippen molar-refractivity contribution in [1.82, 2.24) is 9.03 Å². The van der Waals surface area contributed by atoms with Gasteiger partial charge in [-0.3, -0.25) is 0 Å². The molecule has 0 bridgehead atoms. The largest absolute Gasteiger partial charge is 0.449 e. The third kappa shape index (κ3) is 3.62. The van der Waals surface area contributed by atoms with Gasteiger partial charge in [0.25, 0.3) is 0 Å². The molecule has 2 N–H and O–H groups in total. The number of rotatable bonds is 3. The molecule has 1 atom stereocenters. The number of ether oxygens (including phenoxy) is 1. The molecular weight excluding hydrogens is 236 g/mol. The first-order chi connectivity index (χ1) is 7.45. The summed E-state index contributed by atoms with van der Waals surface area (Å²) in [6.45, 7) is 1.99. The van der Waals surface area contributed by atoms with Crippen molar-refractivity contribution in [2.75, 3.05) is 19.7 Å². The molecule has 7 nitrogen and oxygen atoms in total. The van der Waals surface area contributed by atoms with Crippen LogP contribution in [0, 0.1) is 0 Å². The highest BCUT2D eigenvalue weighted by Gasteiger charge is 2.29. The number of hydrogen-bond acceptors (Lipinski definition) is 5. The van der Waals surface area contributed by atoms with E-state index >= 15 is 0 Å². The highest BCUT2D eigenvalue weighted by atomic mass is 32.2. The maximum absolute atomic E-state index is 11.6. The van der Waals surface area contributed by atoms with Crippen molar-refractivity contribution in [2.45, 2.75) is 25.9 Å². The maximum atomic E-state index is 11.6. The summed E-state index contributed by atoms with van der Waals surface area (Å²) in [6, 6.07) is 0. The Morgan fingerprint density at radius 1 is 1.62 bits per heavy atom. The Bertz CT molecular complexity index is 342. The molecule has 8 heteroatoms. The molecule has 1 rings (SSSR count). The molecular formula is C8H16N2O5S. The summed E-state index contributed by atoms with van der Waals surface area (Å²) in [4.78, 5) is 11.0. The summed E-state index contributed by atoms with van der Waals surface area (Å²) < 4.78 is 30.5. The topological polar surface area (TPSA) is 95.9 Å². The number of carbonyl (C=O) groups is 1. The van der Waals surface area contributed by atoms with E-state index in [2.05, 4.69) is 4.74 Å². The van der Waals surface area contributed by atoms with E-state index in [1.54, 1.807) is 11.6 Å². The van der Waals surface area contributed by atoms with Crippen molar-refractivity contribution >= 4 is 16.3 Å². The summed E-state index contributed by atoms with van der Waals surface area (Å²) >= 11 is 0. The second-order valence-corrected chi connectivity index (χ2v) is 5.15. The molecule has 0 radical (unpaired) electrons. The van der Waals surface area contributed by atoms with Crippen molar-refractivity contribution in [1.29, 1.82) is 0 Å². The lowest BCUT2D eigenvalue weighted by Gasteiger charge is -2.28. The summed E-state index contributed by atoms with van der Waals surface area (Å²) in [5.74, 6) is 0. The molecule has 1 aliphatic rings. The number of hydrogen-bond donors (Lipinski definition) is 2. The molecule has 0 aliphatic carbocycles. The number of amides is 1. The predicted molar refractivity (Wildman–Crippen MR) is 55.9 cm³/mol. The number of piperidine rings is 1. The number of aliphatic hydroxyl groups is 1. The van der Waals surface area contributed by atoms with Gasteiger partial charge in [0.15, 0.2) is 0 Å². The van der Waals surface area contributed by atoms with E-state index in [-0.39, 0.29) is 13.2 Å². The van der Waals surface area contributed by atoms with Crippen molar-refractivity contribution in [2.24, 2.45) is 0 Å². The summed E-state index contributed by atoms with van der Waals surface area (Å²) in [7, 11) is -3.89. The molecule has 1 saturated heterocycles. The molecule has 1 fully saturated rings. The second-order valence-electron chi connectivity index (χ2n) is 3.48. The van der Waals surface area contributed by atoms with Crippen LogP contribution in [0.5, 0.6) is 0 Å². The summed E-state index contributed by atoms with van der Waals surface area (Å²) in [5.41, 5.74) is 0. The third-order valence-corrected chi connectivity index (χ3v) is 3.62. The molecule has 1 aliphatic heterocycles. The monoisotopic (exact) mass is 252 g/mol. The van der Waals surface area contributed by atoms with Gasteiger partial charge in [0.2, 0.25) is 0 Å². The summed E-state index contributed by atoms with van der Waals surface area (Å²) in [6.07, 6.45) is -0.522. The van der Waals surface area contributed by atoms with Gasteiger partial charge < -0.3 is 9.84 Å². The Hall–Kier alpha value is -0.860. The van der Waals surface area contributed by atoms with Gasteiger partial charge in [-0.05, 0) is 19.8 Å². The van der Waals surface area contributed by atoms with Crippen LogP contribution in [-0.4, -0.2) is 49.7 Å². The van der Waals surface area contributed by atoms with Crippen molar-refractivity contribution in [3.63, 3.8) is 0 Å². The van der Waals surface area contributed by atoms with Gasteiger partial charge >= 0.3 is 16.3 Å². The number of aliphatic hydroxyl groups excluding tert-OH is 1. The molecule has 1 unspecified atom stereocenters. The Morgan fingerprint density at radius 2 is 2.31 bits per heavy atom.